The van der Waals surface area contributed by atoms with Gasteiger partial charge in [-0.15, -0.1) is 0 Å². The topological polar surface area (TPSA) is 57.6 Å². The van der Waals surface area contributed by atoms with Crippen LogP contribution in [0.1, 0.15) is 24.8 Å². The van der Waals surface area contributed by atoms with Crippen LogP contribution in [0.25, 0.3) is 0 Å². The van der Waals surface area contributed by atoms with Crippen molar-refractivity contribution in [2.75, 3.05) is 7.05 Å². The van der Waals surface area contributed by atoms with Gasteiger partial charge >= 0.3 is 5.97 Å². The quantitative estimate of drug-likeness (QED) is 0.844. The van der Waals surface area contributed by atoms with Gasteiger partial charge in [0, 0.05) is 26.4 Å². The van der Waals surface area contributed by atoms with Crippen molar-refractivity contribution in [3.8, 4) is 0 Å². The fraction of sp³-hybridized carbons (Fsp3) is 0.385. The summed E-state index contributed by atoms with van der Waals surface area (Å²) in [6, 6.07) is 5.93. The molecule has 1 aromatic carbocycles. The number of nitrogens with zero attached hydrogens (tertiary/aromatic N) is 1. The van der Waals surface area contributed by atoms with E-state index in [1.807, 2.05) is 0 Å². The Morgan fingerprint density at radius 2 is 1.83 bits per heavy atom. The van der Waals surface area contributed by atoms with E-state index in [4.69, 9.17) is 5.11 Å². The Morgan fingerprint density at radius 1 is 1.22 bits per heavy atom. The first kappa shape index (κ1) is 14.2. The highest BCUT2D eigenvalue weighted by Crippen LogP contribution is 2.07. The largest absolute Gasteiger partial charge is 0.481 e. The molecule has 0 spiro atoms. The number of rotatable bonds is 6. The summed E-state index contributed by atoms with van der Waals surface area (Å²) in [5.74, 6) is -1.32. The number of carbonyl (C=O) groups excluding carboxylic acids is 1. The van der Waals surface area contributed by atoms with E-state index in [1.54, 1.807) is 19.2 Å². The maximum absolute atomic E-state index is 12.7. The molecule has 0 saturated heterocycles. The summed E-state index contributed by atoms with van der Waals surface area (Å²) in [6.07, 6.45) is 0.544. The molecule has 18 heavy (non-hydrogen) atoms. The molecule has 0 unspecified atom stereocenters. The van der Waals surface area contributed by atoms with Gasteiger partial charge in [0.15, 0.2) is 0 Å². The number of carboxylic acids is 1. The number of hydrogen-bond donors (Lipinski definition) is 1. The van der Waals surface area contributed by atoms with Crippen molar-refractivity contribution >= 4 is 11.9 Å². The molecule has 0 atom stereocenters. The molecule has 0 bridgehead atoms. The average molecular weight is 253 g/mol. The third-order valence-corrected chi connectivity index (χ3v) is 2.54. The van der Waals surface area contributed by atoms with Gasteiger partial charge < -0.3 is 10.0 Å². The van der Waals surface area contributed by atoms with E-state index in [-0.39, 0.29) is 24.6 Å². The lowest BCUT2D eigenvalue weighted by Gasteiger charge is -2.17. The molecule has 5 heteroatoms. The SMILES string of the molecule is CN(Cc1ccc(F)cc1)C(=O)CCCC(=O)O. The zero-order chi connectivity index (χ0) is 13.5. The molecule has 0 aromatic heterocycles. The molecule has 1 rings (SSSR count). The molecular formula is C13H16FNO3. The Morgan fingerprint density at radius 3 is 2.39 bits per heavy atom. The van der Waals surface area contributed by atoms with Gasteiger partial charge in [0.2, 0.25) is 5.91 Å². The van der Waals surface area contributed by atoms with E-state index >= 15 is 0 Å². The summed E-state index contributed by atoms with van der Waals surface area (Å²) in [5.41, 5.74) is 0.838. The van der Waals surface area contributed by atoms with Gasteiger partial charge in [-0.05, 0) is 24.1 Å². The number of halogens is 1. The molecule has 98 valence electrons. The first-order valence-electron chi connectivity index (χ1n) is 5.69. The van der Waals surface area contributed by atoms with E-state index in [9.17, 15) is 14.0 Å². The minimum Gasteiger partial charge on any atom is -0.481 e. The van der Waals surface area contributed by atoms with Gasteiger partial charge in [-0.2, -0.15) is 0 Å². The maximum atomic E-state index is 12.7. The lowest BCUT2D eigenvalue weighted by molar-refractivity contribution is -0.137. The minimum absolute atomic E-state index is 0.00384. The molecule has 0 aliphatic carbocycles. The van der Waals surface area contributed by atoms with Crippen molar-refractivity contribution in [1.29, 1.82) is 0 Å². The van der Waals surface area contributed by atoms with Crippen LogP contribution in [0.3, 0.4) is 0 Å². The smallest absolute Gasteiger partial charge is 0.303 e. The van der Waals surface area contributed by atoms with Crippen LogP contribution in [0.2, 0.25) is 0 Å². The summed E-state index contributed by atoms with van der Waals surface area (Å²) < 4.78 is 12.7. The zero-order valence-electron chi connectivity index (χ0n) is 10.2. The highest BCUT2D eigenvalue weighted by Gasteiger charge is 2.10. The van der Waals surface area contributed by atoms with E-state index in [0.717, 1.165) is 5.56 Å². The van der Waals surface area contributed by atoms with Gasteiger partial charge in [0.05, 0.1) is 0 Å². The Balaban J connectivity index is 2.39. The lowest BCUT2D eigenvalue weighted by Crippen LogP contribution is -2.26. The number of benzene rings is 1. The summed E-state index contributed by atoms with van der Waals surface area (Å²) in [4.78, 5) is 23.5. The third kappa shape index (κ3) is 4.95. The van der Waals surface area contributed by atoms with Crippen molar-refractivity contribution in [1.82, 2.24) is 4.90 Å². The fourth-order valence-corrected chi connectivity index (χ4v) is 1.53. The molecule has 1 aromatic rings. The first-order chi connectivity index (χ1) is 8.49. The van der Waals surface area contributed by atoms with Crippen LogP contribution >= 0.6 is 0 Å². The molecule has 0 aliphatic heterocycles. The molecular weight excluding hydrogens is 237 g/mol. The zero-order valence-corrected chi connectivity index (χ0v) is 10.2. The summed E-state index contributed by atoms with van der Waals surface area (Å²) in [7, 11) is 1.65. The van der Waals surface area contributed by atoms with Crippen molar-refractivity contribution < 1.29 is 19.1 Å². The second kappa shape index (κ2) is 6.74. The molecule has 0 heterocycles. The molecule has 1 amide bonds. The highest BCUT2D eigenvalue weighted by molar-refractivity contribution is 5.76. The second-order valence-corrected chi connectivity index (χ2v) is 4.12. The second-order valence-electron chi connectivity index (χ2n) is 4.12. The Labute approximate surface area is 105 Å². The molecule has 1 N–H and O–H groups in total. The van der Waals surface area contributed by atoms with E-state index in [0.29, 0.717) is 13.0 Å². The van der Waals surface area contributed by atoms with Crippen LogP contribution in [0.5, 0.6) is 0 Å². The number of carbonyl (C=O) groups is 2. The van der Waals surface area contributed by atoms with Gasteiger partial charge in [0.1, 0.15) is 5.82 Å². The van der Waals surface area contributed by atoms with Crippen LogP contribution in [-0.2, 0) is 16.1 Å². The number of amides is 1. The Kier molecular flexibility index (Phi) is 5.30. The average Bonchev–Trinajstić information content (AvgIpc) is 2.31. The van der Waals surface area contributed by atoms with Crippen LogP contribution in [0, 0.1) is 5.82 Å². The van der Waals surface area contributed by atoms with Gasteiger partial charge in [-0.3, -0.25) is 9.59 Å². The van der Waals surface area contributed by atoms with Crippen LogP contribution in [-0.4, -0.2) is 28.9 Å². The molecule has 0 radical (unpaired) electrons. The molecule has 4 nitrogen and oxygen atoms in total. The standard InChI is InChI=1S/C13H16FNO3/c1-15(12(16)3-2-4-13(17)18)9-10-5-7-11(14)8-6-10/h5-8H,2-4,9H2,1H3,(H,17,18). The normalized spacial score (nSPS) is 10.1. The number of carboxylic acid groups (broad SMARTS) is 1. The third-order valence-electron chi connectivity index (χ3n) is 2.54. The number of hydrogen-bond acceptors (Lipinski definition) is 2. The van der Waals surface area contributed by atoms with Gasteiger partial charge in [-0.25, -0.2) is 4.39 Å². The monoisotopic (exact) mass is 253 g/mol. The summed E-state index contributed by atoms with van der Waals surface area (Å²) in [5, 5.41) is 8.47. The minimum atomic E-state index is -0.899. The molecule has 0 saturated carbocycles. The Bertz CT molecular complexity index is 417. The fourth-order valence-electron chi connectivity index (χ4n) is 1.53. The Hall–Kier alpha value is -1.91. The van der Waals surface area contributed by atoms with E-state index < -0.39 is 5.97 Å². The van der Waals surface area contributed by atoms with Crippen LogP contribution in [0.4, 0.5) is 4.39 Å². The first-order valence-corrected chi connectivity index (χ1v) is 5.69. The number of aliphatic carboxylic acids is 1. The predicted octanol–water partition coefficient (Wildman–Crippen LogP) is 2.04. The van der Waals surface area contributed by atoms with Crippen molar-refractivity contribution in [2.24, 2.45) is 0 Å². The maximum Gasteiger partial charge on any atom is 0.303 e. The van der Waals surface area contributed by atoms with Crippen molar-refractivity contribution in [2.45, 2.75) is 25.8 Å². The van der Waals surface area contributed by atoms with Crippen LogP contribution < -0.4 is 0 Å². The van der Waals surface area contributed by atoms with Crippen molar-refractivity contribution in [3.63, 3.8) is 0 Å². The molecule has 0 aliphatic rings. The van der Waals surface area contributed by atoms with Gasteiger partial charge in [0.25, 0.3) is 0 Å². The summed E-state index contributed by atoms with van der Waals surface area (Å²) in [6.45, 7) is 0.395. The van der Waals surface area contributed by atoms with Crippen molar-refractivity contribution in [3.05, 3.63) is 35.6 Å². The van der Waals surface area contributed by atoms with Crippen LogP contribution in [0.15, 0.2) is 24.3 Å². The molecule has 0 fully saturated rings. The highest BCUT2D eigenvalue weighted by atomic mass is 19.1. The van der Waals surface area contributed by atoms with E-state index in [1.165, 1.54) is 17.0 Å². The lowest BCUT2D eigenvalue weighted by atomic mass is 10.2. The predicted molar refractivity (Wildman–Crippen MR) is 64.4 cm³/mol. The van der Waals surface area contributed by atoms with Gasteiger partial charge in [-0.1, -0.05) is 12.1 Å². The summed E-state index contributed by atoms with van der Waals surface area (Å²) >= 11 is 0. The van der Waals surface area contributed by atoms with E-state index in [2.05, 4.69) is 0 Å².